The highest BCUT2D eigenvalue weighted by molar-refractivity contribution is 7.22. The van der Waals surface area contributed by atoms with Gasteiger partial charge in [-0.1, -0.05) is 23.7 Å². The average Bonchev–Trinajstić information content (AvgIpc) is 3.51. The molecule has 1 N–H and O–H groups in total. The molecule has 0 aliphatic carbocycles. The van der Waals surface area contributed by atoms with Crippen LogP contribution in [0.4, 0.5) is 5.69 Å². The molecule has 35 heavy (non-hydrogen) atoms. The molecular weight excluding hydrogens is 490 g/mol. The number of hydrogen-bond donors (Lipinski definition) is 1. The van der Waals surface area contributed by atoms with E-state index in [9.17, 15) is 9.59 Å². The fourth-order valence-electron chi connectivity index (χ4n) is 4.20. The summed E-state index contributed by atoms with van der Waals surface area (Å²) in [6.07, 6.45) is 2.11. The van der Waals surface area contributed by atoms with Crippen LogP contribution in [0.5, 0.6) is 5.75 Å². The maximum Gasteiger partial charge on any atom is 0.329 e. The van der Waals surface area contributed by atoms with E-state index in [0.717, 1.165) is 29.1 Å². The van der Waals surface area contributed by atoms with Crippen LogP contribution >= 0.6 is 22.9 Å². The number of nitrogens with zero attached hydrogens (tertiary/aromatic N) is 3. The summed E-state index contributed by atoms with van der Waals surface area (Å²) < 4.78 is 13.2. The molecule has 2 aromatic carbocycles. The second-order valence-corrected chi connectivity index (χ2v) is 9.66. The van der Waals surface area contributed by atoms with Crippen molar-refractivity contribution in [1.82, 2.24) is 9.55 Å². The molecule has 10 heteroatoms. The Morgan fingerprint density at radius 3 is 2.77 bits per heavy atom. The van der Waals surface area contributed by atoms with Crippen molar-refractivity contribution in [2.24, 2.45) is 0 Å². The minimum Gasteiger partial charge on any atom is -0.495 e. The fraction of sp³-hybridized carbons (Fsp3) is 0.240. The van der Waals surface area contributed by atoms with Crippen LogP contribution in [0.1, 0.15) is 6.42 Å². The summed E-state index contributed by atoms with van der Waals surface area (Å²) in [5, 5.41) is 9.50. The molecule has 1 atom stereocenters. The molecule has 1 aliphatic rings. The summed E-state index contributed by atoms with van der Waals surface area (Å²) in [4.78, 5) is 31.7. The molecule has 0 saturated carbocycles. The highest BCUT2D eigenvalue weighted by Crippen LogP contribution is 2.34. The smallest absolute Gasteiger partial charge is 0.329 e. The summed E-state index contributed by atoms with van der Waals surface area (Å²) in [5.74, 6) is -0.367. The number of anilines is 1. The Morgan fingerprint density at radius 2 is 2.03 bits per heavy atom. The van der Waals surface area contributed by atoms with Gasteiger partial charge in [0.05, 0.1) is 30.1 Å². The molecule has 0 unspecified atom stereocenters. The number of aromatic nitrogens is 2. The first kappa shape index (κ1) is 23.3. The number of halogens is 1. The molecule has 8 nitrogen and oxygen atoms in total. The van der Waals surface area contributed by atoms with Gasteiger partial charge >= 0.3 is 5.97 Å². The number of rotatable bonds is 7. The average molecular weight is 512 g/mol. The van der Waals surface area contributed by atoms with Gasteiger partial charge in [0, 0.05) is 29.1 Å². The minimum absolute atomic E-state index is 0.154. The van der Waals surface area contributed by atoms with Gasteiger partial charge in [-0.15, -0.1) is 11.3 Å². The first-order valence-corrected chi connectivity index (χ1v) is 12.2. The topological polar surface area (TPSA) is 93.9 Å². The molecule has 2 aromatic heterocycles. The second-order valence-electron chi connectivity index (χ2n) is 8.17. The quantitative estimate of drug-likeness (QED) is 0.391. The predicted octanol–water partition coefficient (Wildman–Crippen LogP) is 4.46. The number of fused-ring (bicyclic) bond motifs is 1. The Balaban J connectivity index is 1.43. The summed E-state index contributed by atoms with van der Waals surface area (Å²) in [7, 11) is 1.58. The molecule has 180 valence electrons. The van der Waals surface area contributed by atoms with Crippen LogP contribution in [-0.4, -0.2) is 53.5 Å². The minimum atomic E-state index is -0.979. The van der Waals surface area contributed by atoms with Gasteiger partial charge in [0.2, 0.25) is 0 Å². The number of hydrogen-bond acceptors (Lipinski definition) is 7. The standard InChI is InChI=1S/C25H22ClN3O5S/c1-33-21-10-17(6-7-20(21)28-9-8-18(12-28)34-13-23(30)31)29-14-27-19-11-22(35-24(19)25(29)32)15-2-4-16(26)5-3-15/h2-7,10-11,14,18H,8-9,12-13H2,1H3,(H,30,31)/t18-/m1/s1. The van der Waals surface area contributed by atoms with Gasteiger partial charge in [0.1, 0.15) is 23.4 Å². The predicted molar refractivity (Wildman–Crippen MR) is 136 cm³/mol. The molecule has 0 spiro atoms. The third-order valence-corrected chi connectivity index (χ3v) is 7.35. The van der Waals surface area contributed by atoms with E-state index in [1.165, 1.54) is 22.2 Å². The molecular formula is C25H22ClN3O5S. The summed E-state index contributed by atoms with van der Waals surface area (Å²) >= 11 is 7.40. The Hall–Kier alpha value is -3.40. The number of thiophene rings is 1. The fourth-order valence-corrected chi connectivity index (χ4v) is 5.37. The molecule has 1 fully saturated rings. The number of carbonyl (C=O) groups is 1. The molecule has 4 aromatic rings. The number of methoxy groups -OCH3 is 1. The molecule has 3 heterocycles. The monoisotopic (exact) mass is 511 g/mol. The zero-order chi connectivity index (χ0) is 24.5. The van der Waals surface area contributed by atoms with Gasteiger partial charge in [0.15, 0.2) is 0 Å². The van der Waals surface area contributed by atoms with E-state index in [1.54, 1.807) is 7.11 Å². The Kier molecular flexibility index (Phi) is 6.46. The van der Waals surface area contributed by atoms with Crippen molar-refractivity contribution in [3.8, 4) is 21.9 Å². The van der Waals surface area contributed by atoms with Crippen LogP contribution in [0.2, 0.25) is 5.02 Å². The summed E-state index contributed by atoms with van der Waals surface area (Å²) in [6.45, 7) is 0.977. The molecule has 0 amide bonds. The van der Waals surface area contributed by atoms with Crippen molar-refractivity contribution in [1.29, 1.82) is 0 Å². The number of ether oxygens (including phenoxy) is 2. The molecule has 0 radical (unpaired) electrons. The highest BCUT2D eigenvalue weighted by Gasteiger charge is 2.26. The van der Waals surface area contributed by atoms with E-state index in [1.807, 2.05) is 48.5 Å². The lowest BCUT2D eigenvalue weighted by Gasteiger charge is -2.22. The third kappa shape index (κ3) is 4.75. The number of benzene rings is 2. The van der Waals surface area contributed by atoms with E-state index in [0.29, 0.717) is 33.2 Å². The summed E-state index contributed by atoms with van der Waals surface area (Å²) in [5.41, 5.74) is 2.98. The molecule has 0 bridgehead atoms. The Bertz CT molecular complexity index is 1450. The van der Waals surface area contributed by atoms with Crippen molar-refractivity contribution >= 4 is 44.8 Å². The van der Waals surface area contributed by atoms with Crippen LogP contribution in [-0.2, 0) is 9.53 Å². The first-order chi connectivity index (χ1) is 16.9. The first-order valence-electron chi connectivity index (χ1n) is 11.0. The van der Waals surface area contributed by atoms with Crippen LogP contribution in [0, 0.1) is 0 Å². The van der Waals surface area contributed by atoms with Gasteiger partial charge in [-0.25, -0.2) is 9.78 Å². The zero-order valence-electron chi connectivity index (χ0n) is 18.8. The van der Waals surface area contributed by atoms with Crippen molar-refractivity contribution in [2.75, 3.05) is 31.7 Å². The van der Waals surface area contributed by atoms with E-state index >= 15 is 0 Å². The van der Waals surface area contributed by atoms with Crippen LogP contribution in [0.15, 0.2) is 59.7 Å². The number of carboxylic acid groups (broad SMARTS) is 1. The largest absolute Gasteiger partial charge is 0.495 e. The molecule has 5 rings (SSSR count). The summed E-state index contributed by atoms with van der Waals surface area (Å²) in [6, 6.07) is 15.0. The third-order valence-electron chi connectivity index (χ3n) is 5.94. The lowest BCUT2D eigenvalue weighted by atomic mass is 10.2. The Labute approximate surface area is 209 Å². The van der Waals surface area contributed by atoms with Crippen molar-refractivity contribution < 1.29 is 19.4 Å². The second kappa shape index (κ2) is 9.69. The molecule has 1 aliphatic heterocycles. The van der Waals surface area contributed by atoms with Crippen LogP contribution in [0.25, 0.3) is 26.3 Å². The SMILES string of the molecule is COc1cc(-n2cnc3cc(-c4ccc(Cl)cc4)sc3c2=O)ccc1N1CC[C@@H](OCC(=O)O)C1. The van der Waals surface area contributed by atoms with Crippen molar-refractivity contribution in [3.05, 3.63) is 70.2 Å². The lowest BCUT2D eigenvalue weighted by molar-refractivity contribution is -0.143. The Morgan fingerprint density at radius 1 is 1.23 bits per heavy atom. The van der Waals surface area contributed by atoms with Gasteiger partial charge < -0.3 is 19.5 Å². The molecule has 1 saturated heterocycles. The maximum atomic E-state index is 13.3. The van der Waals surface area contributed by atoms with E-state index in [4.69, 9.17) is 26.2 Å². The van der Waals surface area contributed by atoms with Crippen molar-refractivity contribution in [3.63, 3.8) is 0 Å². The number of carboxylic acids is 1. The van der Waals surface area contributed by atoms with E-state index in [2.05, 4.69) is 9.88 Å². The van der Waals surface area contributed by atoms with Gasteiger partial charge in [-0.2, -0.15) is 0 Å². The van der Waals surface area contributed by atoms with Gasteiger partial charge in [-0.05, 0) is 42.3 Å². The van der Waals surface area contributed by atoms with E-state index in [-0.39, 0.29) is 18.3 Å². The highest BCUT2D eigenvalue weighted by atomic mass is 35.5. The normalized spacial score (nSPS) is 15.6. The van der Waals surface area contributed by atoms with Crippen LogP contribution < -0.4 is 15.2 Å². The lowest BCUT2D eigenvalue weighted by Crippen LogP contribution is -2.25. The van der Waals surface area contributed by atoms with Gasteiger partial charge in [0.25, 0.3) is 5.56 Å². The number of aliphatic carboxylic acids is 1. The zero-order valence-corrected chi connectivity index (χ0v) is 20.4. The van der Waals surface area contributed by atoms with Crippen molar-refractivity contribution in [2.45, 2.75) is 12.5 Å². The van der Waals surface area contributed by atoms with Gasteiger partial charge in [-0.3, -0.25) is 9.36 Å². The van der Waals surface area contributed by atoms with E-state index < -0.39 is 5.97 Å². The van der Waals surface area contributed by atoms with Crippen LogP contribution in [0.3, 0.4) is 0 Å². The maximum absolute atomic E-state index is 13.3.